The van der Waals surface area contributed by atoms with Crippen molar-refractivity contribution >= 4 is 5.69 Å². The van der Waals surface area contributed by atoms with E-state index in [0.29, 0.717) is 0 Å². The van der Waals surface area contributed by atoms with Gasteiger partial charge in [0.05, 0.1) is 5.54 Å². The number of aryl methyl sites for hydroxylation is 1. The van der Waals surface area contributed by atoms with Gasteiger partial charge in [-0.3, -0.25) is 0 Å². The zero-order valence-electron chi connectivity index (χ0n) is 13.9. The fourth-order valence-corrected chi connectivity index (χ4v) is 3.49. The second-order valence-electron chi connectivity index (χ2n) is 6.52. The molecule has 0 spiro atoms. The third-order valence-electron chi connectivity index (χ3n) is 5.06. The molecule has 0 saturated carbocycles. The number of hydrogen-bond acceptors (Lipinski definition) is 3. The molecule has 1 atom stereocenters. The van der Waals surface area contributed by atoms with Crippen molar-refractivity contribution in [2.24, 2.45) is 5.73 Å². The monoisotopic (exact) mass is 289 g/mol. The summed E-state index contributed by atoms with van der Waals surface area (Å²) < 4.78 is 0. The Kier molecular flexibility index (Phi) is 5.65. The molecule has 0 amide bonds. The molecular weight excluding hydrogens is 258 g/mol. The third-order valence-corrected chi connectivity index (χ3v) is 5.06. The van der Waals surface area contributed by atoms with E-state index in [9.17, 15) is 0 Å². The zero-order chi connectivity index (χ0) is 15.3. The van der Waals surface area contributed by atoms with E-state index >= 15 is 0 Å². The number of hydrogen-bond donors (Lipinski definition) is 1. The van der Waals surface area contributed by atoms with Crippen molar-refractivity contribution in [2.75, 3.05) is 38.1 Å². The number of likely N-dealkylation sites (N-methyl/N-ethyl adjacent to an activating group) is 1. The Labute approximate surface area is 130 Å². The topological polar surface area (TPSA) is 32.5 Å². The van der Waals surface area contributed by atoms with Crippen molar-refractivity contribution in [3.05, 3.63) is 29.8 Å². The van der Waals surface area contributed by atoms with Gasteiger partial charge in [0.25, 0.3) is 0 Å². The van der Waals surface area contributed by atoms with E-state index < -0.39 is 0 Å². The minimum Gasteiger partial charge on any atom is -0.368 e. The second kappa shape index (κ2) is 7.28. The van der Waals surface area contributed by atoms with Gasteiger partial charge in [-0.25, -0.2) is 0 Å². The van der Waals surface area contributed by atoms with Gasteiger partial charge in [-0.15, -0.1) is 0 Å². The molecule has 118 valence electrons. The Morgan fingerprint density at radius 2 is 1.90 bits per heavy atom. The van der Waals surface area contributed by atoms with Crippen LogP contribution in [-0.2, 0) is 0 Å². The second-order valence-corrected chi connectivity index (χ2v) is 6.52. The molecule has 0 aliphatic carbocycles. The van der Waals surface area contributed by atoms with Crippen molar-refractivity contribution in [1.29, 1.82) is 0 Å². The lowest BCUT2D eigenvalue weighted by Crippen LogP contribution is -2.53. The van der Waals surface area contributed by atoms with Crippen molar-refractivity contribution in [1.82, 2.24) is 4.90 Å². The Morgan fingerprint density at radius 1 is 1.19 bits per heavy atom. The molecule has 1 heterocycles. The van der Waals surface area contributed by atoms with E-state index in [1.807, 2.05) is 0 Å². The summed E-state index contributed by atoms with van der Waals surface area (Å²) in [4.78, 5) is 5.03. The van der Waals surface area contributed by atoms with Crippen LogP contribution in [0.25, 0.3) is 0 Å². The largest absolute Gasteiger partial charge is 0.368 e. The third kappa shape index (κ3) is 3.78. The molecule has 1 aromatic rings. The summed E-state index contributed by atoms with van der Waals surface area (Å²) in [6, 6.07) is 8.83. The van der Waals surface area contributed by atoms with Gasteiger partial charge in [-0.05, 0) is 57.8 Å². The first-order valence-electron chi connectivity index (χ1n) is 8.34. The summed E-state index contributed by atoms with van der Waals surface area (Å²) in [5.74, 6) is 0. The lowest BCUT2D eigenvalue weighted by Gasteiger charge is -2.42. The Morgan fingerprint density at radius 3 is 2.52 bits per heavy atom. The number of nitrogens with zero attached hydrogens (tertiary/aromatic N) is 2. The van der Waals surface area contributed by atoms with E-state index in [1.165, 1.54) is 50.1 Å². The Hall–Kier alpha value is -1.06. The van der Waals surface area contributed by atoms with Crippen LogP contribution in [0.4, 0.5) is 5.69 Å². The van der Waals surface area contributed by atoms with Gasteiger partial charge in [0.2, 0.25) is 0 Å². The predicted octanol–water partition coefficient (Wildman–Crippen LogP) is 3.02. The Balaban J connectivity index is 2.14. The highest BCUT2D eigenvalue weighted by atomic mass is 15.2. The number of rotatable bonds is 5. The summed E-state index contributed by atoms with van der Waals surface area (Å²) in [6.07, 6.45) is 4.83. The van der Waals surface area contributed by atoms with Crippen LogP contribution >= 0.6 is 0 Å². The van der Waals surface area contributed by atoms with Gasteiger partial charge in [-0.2, -0.15) is 0 Å². The molecule has 0 radical (unpaired) electrons. The van der Waals surface area contributed by atoms with E-state index in [-0.39, 0.29) is 5.54 Å². The average Bonchev–Trinajstić information content (AvgIpc) is 2.71. The average molecular weight is 289 g/mol. The molecule has 1 aliphatic heterocycles. The summed E-state index contributed by atoms with van der Waals surface area (Å²) in [6.45, 7) is 8.74. The lowest BCUT2D eigenvalue weighted by atomic mass is 9.88. The molecule has 0 aromatic heterocycles. The van der Waals surface area contributed by atoms with Crippen LogP contribution in [0.3, 0.4) is 0 Å². The molecule has 1 saturated heterocycles. The summed E-state index contributed by atoms with van der Waals surface area (Å²) >= 11 is 0. The van der Waals surface area contributed by atoms with Gasteiger partial charge in [-0.1, -0.05) is 24.6 Å². The molecule has 2 N–H and O–H groups in total. The first-order valence-corrected chi connectivity index (χ1v) is 8.34. The first kappa shape index (κ1) is 16.3. The number of benzene rings is 1. The zero-order valence-corrected chi connectivity index (χ0v) is 13.9. The molecule has 3 nitrogen and oxygen atoms in total. The van der Waals surface area contributed by atoms with Gasteiger partial charge in [0, 0.05) is 25.8 Å². The quantitative estimate of drug-likeness (QED) is 0.904. The molecule has 1 unspecified atom stereocenters. The van der Waals surface area contributed by atoms with Crippen LogP contribution in [0.5, 0.6) is 0 Å². The van der Waals surface area contributed by atoms with Gasteiger partial charge >= 0.3 is 0 Å². The Bertz CT molecular complexity index is 429. The number of likely N-dealkylation sites (tertiary alicyclic amines) is 1. The van der Waals surface area contributed by atoms with Crippen LogP contribution < -0.4 is 10.6 Å². The number of anilines is 1. The molecule has 1 aliphatic rings. The van der Waals surface area contributed by atoms with E-state index in [2.05, 4.69) is 55.0 Å². The highest BCUT2D eigenvalue weighted by molar-refractivity contribution is 5.49. The molecule has 1 fully saturated rings. The maximum Gasteiger partial charge on any atom is 0.0533 e. The fraction of sp³-hybridized carbons (Fsp3) is 0.667. The van der Waals surface area contributed by atoms with Crippen molar-refractivity contribution < 1.29 is 0 Å². The molecule has 0 bridgehead atoms. The minimum atomic E-state index is 0.109. The van der Waals surface area contributed by atoms with E-state index in [4.69, 9.17) is 5.73 Å². The predicted molar refractivity (Wildman–Crippen MR) is 91.9 cm³/mol. The fourth-order valence-electron chi connectivity index (χ4n) is 3.49. The summed E-state index contributed by atoms with van der Waals surface area (Å²) in [7, 11) is 2.22. The van der Waals surface area contributed by atoms with Crippen molar-refractivity contribution in [2.45, 2.75) is 45.1 Å². The van der Waals surface area contributed by atoms with Crippen LogP contribution in [0, 0.1) is 6.92 Å². The normalized spacial score (nSPS) is 23.8. The standard InChI is InChI=1S/C18H31N3/c1-4-12-21-13-5-10-18(15-19,11-14-21)20(3)17-8-6-16(2)7-9-17/h6-9H,4-5,10-15,19H2,1-3H3. The van der Waals surface area contributed by atoms with E-state index in [0.717, 1.165) is 13.0 Å². The van der Waals surface area contributed by atoms with Gasteiger partial charge < -0.3 is 15.5 Å². The van der Waals surface area contributed by atoms with Crippen molar-refractivity contribution in [3.63, 3.8) is 0 Å². The van der Waals surface area contributed by atoms with Gasteiger partial charge in [0.1, 0.15) is 0 Å². The highest BCUT2D eigenvalue weighted by Crippen LogP contribution is 2.31. The van der Waals surface area contributed by atoms with Crippen molar-refractivity contribution in [3.8, 4) is 0 Å². The first-order chi connectivity index (χ1) is 10.1. The molecule has 2 rings (SSSR count). The maximum absolute atomic E-state index is 6.24. The number of nitrogens with two attached hydrogens (primary N) is 1. The van der Waals surface area contributed by atoms with Gasteiger partial charge in [0.15, 0.2) is 0 Å². The van der Waals surface area contributed by atoms with Crippen LogP contribution in [0.1, 0.15) is 38.2 Å². The maximum atomic E-state index is 6.24. The minimum absolute atomic E-state index is 0.109. The lowest BCUT2D eigenvalue weighted by molar-refractivity contribution is 0.275. The molecule has 1 aromatic carbocycles. The molecule has 3 heteroatoms. The molecule has 21 heavy (non-hydrogen) atoms. The summed E-state index contributed by atoms with van der Waals surface area (Å²) in [5, 5.41) is 0. The SMILES string of the molecule is CCCN1CCCC(CN)(N(C)c2ccc(C)cc2)CC1. The summed E-state index contributed by atoms with van der Waals surface area (Å²) in [5.41, 5.74) is 8.94. The molecular formula is C18H31N3. The van der Waals surface area contributed by atoms with Crippen LogP contribution in [0.2, 0.25) is 0 Å². The van der Waals surface area contributed by atoms with Crippen LogP contribution in [0.15, 0.2) is 24.3 Å². The highest BCUT2D eigenvalue weighted by Gasteiger charge is 2.35. The van der Waals surface area contributed by atoms with E-state index in [1.54, 1.807) is 0 Å². The smallest absolute Gasteiger partial charge is 0.0533 e. The van der Waals surface area contributed by atoms with Crippen LogP contribution in [-0.4, -0.2) is 43.7 Å².